The Bertz CT molecular complexity index is 329. The highest BCUT2D eigenvalue weighted by Gasteiger charge is 2.25. The Hall–Kier alpha value is -1.40. The number of likely N-dealkylation sites (tertiary alicyclic amines) is 1. The molecular weight excluding hydrogens is 250 g/mol. The Morgan fingerprint density at radius 3 is 3.00 bits per heavy atom. The van der Waals surface area contributed by atoms with Gasteiger partial charge < -0.3 is 19.5 Å². The van der Waals surface area contributed by atoms with Gasteiger partial charge in [-0.05, 0) is 12.8 Å². The molecule has 1 rings (SSSR count). The maximum absolute atomic E-state index is 11.7. The Morgan fingerprint density at radius 2 is 2.32 bits per heavy atom. The molecule has 1 heterocycles. The number of carbonyl (C=O) groups excluding carboxylic acids is 2. The predicted molar refractivity (Wildman–Crippen MR) is 68.4 cm³/mol. The van der Waals surface area contributed by atoms with Gasteiger partial charge in [-0.2, -0.15) is 0 Å². The van der Waals surface area contributed by atoms with E-state index in [1.165, 1.54) is 7.11 Å². The molecule has 1 fully saturated rings. The minimum atomic E-state index is -0.417. The van der Waals surface area contributed by atoms with Crippen molar-refractivity contribution in [1.29, 1.82) is 0 Å². The smallest absolute Gasteiger partial charge is 0.331 e. The van der Waals surface area contributed by atoms with Crippen molar-refractivity contribution in [2.75, 3.05) is 33.5 Å². The molecule has 1 aliphatic heterocycles. The van der Waals surface area contributed by atoms with Crippen LogP contribution in [0.25, 0.3) is 0 Å². The predicted octanol–water partition coefficient (Wildman–Crippen LogP) is 0.106. The van der Waals surface area contributed by atoms with Crippen LogP contribution in [-0.2, 0) is 19.1 Å². The van der Waals surface area contributed by atoms with Crippen molar-refractivity contribution >= 4 is 11.9 Å². The summed E-state index contributed by atoms with van der Waals surface area (Å²) < 4.78 is 9.47. The molecule has 1 N–H and O–H groups in total. The van der Waals surface area contributed by atoms with Crippen LogP contribution >= 0.6 is 0 Å². The fourth-order valence-corrected chi connectivity index (χ4v) is 1.96. The highest BCUT2D eigenvalue weighted by Crippen LogP contribution is 2.17. The summed E-state index contributed by atoms with van der Waals surface area (Å²) in [5.74, 6) is -0.342. The fraction of sp³-hybridized carbons (Fsp3) is 0.692. The Kier molecular flexibility index (Phi) is 7.14. The second-order valence-electron chi connectivity index (χ2n) is 4.34. The van der Waals surface area contributed by atoms with Gasteiger partial charge in [0.1, 0.15) is 6.61 Å². The lowest BCUT2D eigenvalue weighted by molar-refractivity contribution is -0.145. The molecule has 1 amide bonds. The zero-order valence-corrected chi connectivity index (χ0v) is 11.2. The summed E-state index contributed by atoms with van der Waals surface area (Å²) in [4.78, 5) is 24.1. The van der Waals surface area contributed by atoms with Crippen LogP contribution in [0, 0.1) is 0 Å². The zero-order chi connectivity index (χ0) is 14.1. The molecule has 0 aromatic heterocycles. The molecule has 1 aliphatic rings. The number of aliphatic hydroxyl groups excluding tert-OH is 1. The Labute approximate surface area is 113 Å². The number of methoxy groups -OCH3 is 1. The largest absolute Gasteiger partial charge is 0.467 e. The molecule has 0 aromatic rings. The minimum Gasteiger partial charge on any atom is -0.467 e. The van der Waals surface area contributed by atoms with E-state index in [4.69, 9.17) is 4.74 Å². The van der Waals surface area contributed by atoms with Crippen LogP contribution in [0.4, 0.5) is 0 Å². The number of esters is 1. The van der Waals surface area contributed by atoms with Crippen molar-refractivity contribution < 1.29 is 24.2 Å². The van der Waals surface area contributed by atoms with Gasteiger partial charge in [0, 0.05) is 13.0 Å². The number of ether oxygens (including phenoxy) is 2. The van der Waals surface area contributed by atoms with Crippen molar-refractivity contribution in [2.45, 2.75) is 25.3 Å². The molecule has 6 nitrogen and oxygen atoms in total. The van der Waals surface area contributed by atoms with Crippen LogP contribution in [0.2, 0.25) is 0 Å². The molecule has 108 valence electrons. The molecule has 0 aliphatic carbocycles. The van der Waals surface area contributed by atoms with E-state index in [9.17, 15) is 14.7 Å². The lowest BCUT2D eigenvalue weighted by atomic mass is 10.0. The van der Waals surface area contributed by atoms with Gasteiger partial charge in [-0.25, -0.2) is 4.79 Å². The molecule has 1 saturated heterocycles. The van der Waals surface area contributed by atoms with Crippen LogP contribution in [0.15, 0.2) is 12.2 Å². The van der Waals surface area contributed by atoms with E-state index in [2.05, 4.69) is 4.74 Å². The van der Waals surface area contributed by atoms with E-state index >= 15 is 0 Å². The number of nitrogens with zero attached hydrogens (tertiary/aromatic N) is 1. The van der Waals surface area contributed by atoms with Gasteiger partial charge in [0.25, 0.3) is 0 Å². The number of rotatable bonds is 7. The average Bonchev–Trinajstić information content (AvgIpc) is 2.43. The van der Waals surface area contributed by atoms with Crippen LogP contribution < -0.4 is 0 Å². The van der Waals surface area contributed by atoms with E-state index in [1.54, 1.807) is 11.0 Å². The number of aliphatic hydroxyl groups is 1. The third-order valence-electron chi connectivity index (χ3n) is 3.03. The second-order valence-corrected chi connectivity index (χ2v) is 4.34. The fourth-order valence-electron chi connectivity index (χ4n) is 1.96. The van der Waals surface area contributed by atoms with Gasteiger partial charge in [-0.1, -0.05) is 12.2 Å². The summed E-state index contributed by atoms with van der Waals surface area (Å²) in [7, 11) is 1.30. The standard InChI is InChI=1S/C13H21NO5/c1-18-13(17)10-19-8-3-2-7-14-11(9-15)5-4-6-12(14)16/h2-3,11,15H,4-10H2,1H3. The van der Waals surface area contributed by atoms with E-state index in [0.29, 0.717) is 19.6 Å². The van der Waals surface area contributed by atoms with Crippen molar-refractivity contribution in [2.24, 2.45) is 0 Å². The van der Waals surface area contributed by atoms with Crippen molar-refractivity contribution in [1.82, 2.24) is 4.90 Å². The summed E-state index contributed by atoms with van der Waals surface area (Å²) in [6, 6.07) is -0.0816. The maximum atomic E-state index is 11.7. The van der Waals surface area contributed by atoms with Gasteiger partial charge in [-0.15, -0.1) is 0 Å². The highest BCUT2D eigenvalue weighted by molar-refractivity contribution is 5.77. The van der Waals surface area contributed by atoms with Crippen LogP contribution in [0.3, 0.4) is 0 Å². The molecule has 1 atom stereocenters. The quantitative estimate of drug-likeness (QED) is 0.404. The minimum absolute atomic E-state index is 0.00157. The van der Waals surface area contributed by atoms with E-state index in [0.717, 1.165) is 12.8 Å². The van der Waals surface area contributed by atoms with E-state index in [-0.39, 0.29) is 25.2 Å². The number of hydrogen-bond donors (Lipinski definition) is 1. The lowest BCUT2D eigenvalue weighted by Gasteiger charge is -2.33. The number of amides is 1. The first-order valence-electron chi connectivity index (χ1n) is 6.39. The van der Waals surface area contributed by atoms with Gasteiger partial charge in [0.05, 0.1) is 26.4 Å². The third kappa shape index (κ3) is 5.40. The van der Waals surface area contributed by atoms with E-state index in [1.807, 2.05) is 6.08 Å². The highest BCUT2D eigenvalue weighted by atomic mass is 16.6. The molecule has 0 bridgehead atoms. The van der Waals surface area contributed by atoms with Gasteiger partial charge >= 0.3 is 5.97 Å². The SMILES string of the molecule is COC(=O)COCC=CCN1C(=O)CCCC1CO. The average molecular weight is 271 g/mol. The maximum Gasteiger partial charge on any atom is 0.331 e. The summed E-state index contributed by atoms with van der Waals surface area (Å²) in [6.07, 6.45) is 5.78. The summed E-state index contributed by atoms with van der Waals surface area (Å²) >= 11 is 0. The number of piperidine rings is 1. The van der Waals surface area contributed by atoms with Crippen LogP contribution in [0.1, 0.15) is 19.3 Å². The number of hydrogen-bond acceptors (Lipinski definition) is 5. The van der Waals surface area contributed by atoms with Crippen LogP contribution in [-0.4, -0.2) is 61.4 Å². The second kappa shape index (κ2) is 8.66. The first-order valence-corrected chi connectivity index (χ1v) is 6.39. The van der Waals surface area contributed by atoms with Gasteiger partial charge in [-0.3, -0.25) is 4.79 Å². The topological polar surface area (TPSA) is 76.1 Å². The number of carbonyl (C=O) groups is 2. The van der Waals surface area contributed by atoms with Crippen molar-refractivity contribution in [3.63, 3.8) is 0 Å². The molecule has 0 saturated carbocycles. The summed E-state index contributed by atoms with van der Waals surface area (Å²) in [6.45, 7) is 0.674. The molecule has 6 heteroatoms. The lowest BCUT2D eigenvalue weighted by Crippen LogP contribution is -2.45. The van der Waals surface area contributed by atoms with E-state index < -0.39 is 5.97 Å². The molecule has 19 heavy (non-hydrogen) atoms. The summed E-state index contributed by atoms with van der Waals surface area (Å²) in [5.41, 5.74) is 0. The van der Waals surface area contributed by atoms with Crippen molar-refractivity contribution in [3.8, 4) is 0 Å². The van der Waals surface area contributed by atoms with Gasteiger partial charge in [0.2, 0.25) is 5.91 Å². The first-order chi connectivity index (χ1) is 9.19. The van der Waals surface area contributed by atoms with Crippen LogP contribution in [0.5, 0.6) is 0 Å². The third-order valence-corrected chi connectivity index (χ3v) is 3.03. The Balaban J connectivity index is 2.25. The Morgan fingerprint density at radius 1 is 1.53 bits per heavy atom. The molecule has 0 radical (unpaired) electrons. The monoisotopic (exact) mass is 271 g/mol. The van der Waals surface area contributed by atoms with Crippen molar-refractivity contribution in [3.05, 3.63) is 12.2 Å². The molecule has 1 unspecified atom stereocenters. The van der Waals surface area contributed by atoms with Gasteiger partial charge in [0.15, 0.2) is 0 Å². The summed E-state index contributed by atoms with van der Waals surface area (Å²) in [5, 5.41) is 9.21. The molecular formula is C13H21NO5. The zero-order valence-electron chi connectivity index (χ0n) is 11.2. The first kappa shape index (κ1) is 15.7. The normalized spacial score (nSPS) is 20.0. The molecule has 0 aromatic carbocycles. The molecule has 0 spiro atoms.